The molecule has 1 unspecified atom stereocenters. The number of nitrogens with zero attached hydrogens (tertiary/aromatic N) is 3. The average Bonchev–Trinajstić information content (AvgIpc) is 2.32. The predicted octanol–water partition coefficient (Wildman–Crippen LogP) is 1.45. The van der Waals surface area contributed by atoms with Crippen molar-refractivity contribution in [1.82, 2.24) is 14.9 Å². The van der Waals surface area contributed by atoms with Crippen LogP contribution in [-0.2, 0) is 4.79 Å². The summed E-state index contributed by atoms with van der Waals surface area (Å²) in [6, 6.07) is -0.401. The monoisotopic (exact) mass is 271 g/mol. The summed E-state index contributed by atoms with van der Waals surface area (Å²) in [7, 11) is 3.40. The van der Waals surface area contributed by atoms with Gasteiger partial charge in [0.1, 0.15) is 11.1 Å². The second-order valence-electron chi connectivity index (χ2n) is 4.02. The van der Waals surface area contributed by atoms with E-state index in [1.165, 1.54) is 11.1 Å². The van der Waals surface area contributed by atoms with Gasteiger partial charge < -0.3 is 15.5 Å². The second-order valence-corrected chi connectivity index (χ2v) is 4.43. The molecule has 0 aromatic carbocycles. The van der Waals surface area contributed by atoms with Crippen LogP contribution in [0.25, 0.3) is 0 Å². The van der Waals surface area contributed by atoms with E-state index in [-0.39, 0.29) is 5.91 Å². The largest absolute Gasteiger partial charge is 0.357 e. The van der Waals surface area contributed by atoms with Gasteiger partial charge in [0.25, 0.3) is 0 Å². The lowest BCUT2D eigenvalue weighted by atomic mass is 10.3. The Kier molecular flexibility index (Phi) is 5.15. The number of amides is 1. The Morgan fingerprint density at radius 1 is 1.56 bits per heavy atom. The summed E-state index contributed by atoms with van der Waals surface area (Å²) in [5.41, 5.74) is 0. The van der Waals surface area contributed by atoms with E-state index in [1.54, 1.807) is 21.0 Å². The Balaban J connectivity index is 2.82. The maximum atomic E-state index is 11.7. The quantitative estimate of drug-likeness (QED) is 0.848. The number of aromatic nitrogens is 2. The molecule has 0 fully saturated rings. The van der Waals surface area contributed by atoms with Crippen molar-refractivity contribution in [3.63, 3.8) is 0 Å². The molecule has 6 nitrogen and oxygen atoms in total. The molecule has 1 aromatic heterocycles. The van der Waals surface area contributed by atoms with Crippen molar-refractivity contribution in [1.29, 1.82) is 0 Å². The van der Waals surface area contributed by atoms with E-state index in [0.29, 0.717) is 23.3 Å². The Morgan fingerprint density at radius 3 is 2.78 bits per heavy atom. The van der Waals surface area contributed by atoms with Crippen molar-refractivity contribution >= 4 is 29.3 Å². The molecule has 1 heterocycles. The first-order valence-electron chi connectivity index (χ1n) is 5.69. The van der Waals surface area contributed by atoms with Gasteiger partial charge in [0.2, 0.25) is 11.9 Å². The molecule has 0 saturated carbocycles. The lowest BCUT2D eigenvalue weighted by Gasteiger charge is -2.19. The summed E-state index contributed by atoms with van der Waals surface area (Å²) in [6.45, 7) is 4.42. The van der Waals surface area contributed by atoms with Crippen LogP contribution in [0.15, 0.2) is 6.20 Å². The summed E-state index contributed by atoms with van der Waals surface area (Å²) >= 11 is 5.98. The Labute approximate surface area is 112 Å². The number of hydrogen-bond acceptors (Lipinski definition) is 5. The molecule has 0 saturated heterocycles. The molecule has 7 heteroatoms. The van der Waals surface area contributed by atoms with Gasteiger partial charge in [-0.05, 0) is 13.8 Å². The number of carbonyl (C=O) groups is 1. The molecular weight excluding hydrogens is 254 g/mol. The third-order valence-electron chi connectivity index (χ3n) is 2.24. The third-order valence-corrected chi connectivity index (χ3v) is 2.52. The summed E-state index contributed by atoms with van der Waals surface area (Å²) in [5.74, 6) is 0.883. The highest BCUT2D eigenvalue weighted by Gasteiger charge is 2.16. The molecule has 1 amide bonds. The van der Waals surface area contributed by atoms with E-state index in [2.05, 4.69) is 20.6 Å². The molecule has 0 aliphatic carbocycles. The first-order valence-corrected chi connectivity index (χ1v) is 6.07. The fourth-order valence-electron chi connectivity index (χ4n) is 1.37. The van der Waals surface area contributed by atoms with Crippen LogP contribution in [-0.4, -0.2) is 47.5 Å². The molecule has 100 valence electrons. The zero-order chi connectivity index (χ0) is 13.7. The minimum Gasteiger partial charge on any atom is -0.357 e. The molecule has 1 aromatic rings. The number of anilines is 2. The van der Waals surface area contributed by atoms with Gasteiger partial charge in [-0.15, -0.1) is 0 Å². The van der Waals surface area contributed by atoms with Crippen LogP contribution in [0, 0.1) is 0 Å². The van der Waals surface area contributed by atoms with Gasteiger partial charge in [0.05, 0.1) is 6.20 Å². The van der Waals surface area contributed by atoms with Crippen LogP contribution in [0.2, 0.25) is 5.02 Å². The van der Waals surface area contributed by atoms with Crippen molar-refractivity contribution < 1.29 is 4.79 Å². The van der Waals surface area contributed by atoms with Crippen molar-refractivity contribution in [2.75, 3.05) is 31.3 Å². The molecule has 0 aliphatic heterocycles. The lowest BCUT2D eigenvalue weighted by molar-refractivity contribution is -0.129. The fraction of sp³-hybridized carbons (Fsp3) is 0.545. The summed E-state index contributed by atoms with van der Waals surface area (Å²) in [6.07, 6.45) is 1.50. The molecule has 2 N–H and O–H groups in total. The Morgan fingerprint density at radius 2 is 2.22 bits per heavy atom. The van der Waals surface area contributed by atoms with Crippen LogP contribution in [0.1, 0.15) is 13.8 Å². The molecular formula is C11H18ClN5O. The van der Waals surface area contributed by atoms with E-state index < -0.39 is 6.04 Å². The smallest absolute Gasteiger partial charge is 0.244 e. The van der Waals surface area contributed by atoms with E-state index in [0.717, 1.165) is 0 Å². The lowest BCUT2D eigenvalue weighted by Crippen LogP contribution is -2.37. The zero-order valence-electron chi connectivity index (χ0n) is 11.0. The maximum absolute atomic E-state index is 11.7. The van der Waals surface area contributed by atoms with Crippen molar-refractivity contribution in [2.45, 2.75) is 19.9 Å². The molecule has 0 radical (unpaired) electrons. The molecule has 0 bridgehead atoms. The van der Waals surface area contributed by atoms with Crippen molar-refractivity contribution in [3.8, 4) is 0 Å². The van der Waals surface area contributed by atoms with Crippen molar-refractivity contribution in [2.24, 2.45) is 0 Å². The predicted molar refractivity (Wildman–Crippen MR) is 73.0 cm³/mol. The fourth-order valence-corrected chi connectivity index (χ4v) is 1.51. The van der Waals surface area contributed by atoms with Crippen LogP contribution in [0.4, 0.5) is 11.8 Å². The zero-order valence-corrected chi connectivity index (χ0v) is 11.7. The number of rotatable bonds is 5. The summed E-state index contributed by atoms with van der Waals surface area (Å²) in [5, 5.41) is 6.34. The highest BCUT2D eigenvalue weighted by molar-refractivity contribution is 6.32. The van der Waals surface area contributed by atoms with Gasteiger partial charge in [0, 0.05) is 20.6 Å². The van der Waals surface area contributed by atoms with E-state index >= 15 is 0 Å². The summed E-state index contributed by atoms with van der Waals surface area (Å²) in [4.78, 5) is 21.5. The number of nitrogens with one attached hydrogen (secondary N) is 2. The van der Waals surface area contributed by atoms with Crippen LogP contribution >= 0.6 is 11.6 Å². The van der Waals surface area contributed by atoms with E-state index in [1.807, 2.05) is 6.92 Å². The minimum absolute atomic E-state index is 0.0466. The van der Waals surface area contributed by atoms with Crippen LogP contribution in [0.5, 0.6) is 0 Å². The molecule has 18 heavy (non-hydrogen) atoms. The SMILES string of the molecule is CCNc1ncc(Cl)c(NC(C)C(=O)N(C)C)n1. The van der Waals surface area contributed by atoms with E-state index in [9.17, 15) is 4.79 Å². The number of likely N-dealkylation sites (N-methyl/N-ethyl adjacent to an activating group) is 1. The normalized spacial score (nSPS) is 11.8. The third kappa shape index (κ3) is 3.73. The van der Waals surface area contributed by atoms with Gasteiger partial charge in [0.15, 0.2) is 5.82 Å². The number of carbonyl (C=O) groups excluding carboxylic acids is 1. The molecule has 1 atom stereocenters. The van der Waals surface area contributed by atoms with Gasteiger partial charge in [-0.2, -0.15) is 4.98 Å². The first-order chi connectivity index (χ1) is 8.45. The Hall–Kier alpha value is -1.56. The van der Waals surface area contributed by atoms with Crippen molar-refractivity contribution in [3.05, 3.63) is 11.2 Å². The highest BCUT2D eigenvalue weighted by Crippen LogP contribution is 2.20. The topological polar surface area (TPSA) is 70.2 Å². The molecule has 0 spiro atoms. The Bertz CT molecular complexity index is 424. The maximum Gasteiger partial charge on any atom is 0.244 e. The second kappa shape index (κ2) is 6.39. The van der Waals surface area contributed by atoms with Gasteiger partial charge in [-0.3, -0.25) is 4.79 Å². The first kappa shape index (κ1) is 14.5. The average molecular weight is 272 g/mol. The molecule has 0 aliphatic rings. The van der Waals surface area contributed by atoms with E-state index in [4.69, 9.17) is 11.6 Å². The van der Waals surface area contributed by atoms with Crippen LogP contribution in [0.3, 0.4) is 0 Å². The number of hydrogen-bond donors (Lipinski definition) is 2. The van der Waals surface area contributed by atoms with Crippen LogP contribution < -0.4 is 10.6 Å². The van der Waals surface area contributed by atoms with Gasteiger partial charge in [-0.1, -0.05) is 11.6 Å². The highest BCUT2D eigenvalue weighted by atomic mass is 35.5. The summed E-state index contributed by atoms with van der Waals surface area (Å²) < 4.78 is 0. The number of halogens is 1. The molecule has 1 rings (SSSR count). The standard InChI is InChI=1S/C11H18ClN5O/c1-5-13-11-14-6-8(12)9(16-11)15-7(2)10(18)17(3)4/h6-7H,5H2,1-4H3,(H2,13,14,15,16). The van der Waals surface area contributed by atoms with Gasteiger partial charge >= 0.3 is 0 Å². The minimum atomic E-state index is -0.401. The van der Waals surface area contributed by atoms with Gasteiger partial charge in [-0.25, -0.2) is 4.98 Å².